The second-order valence-electron chi connectivity index (χ2n) is 8.68. The van der Waals surface area contributed by atoms with Crippen LogP contribution in [0.3, 0.4) is 0 Å². The van der Waals surface area contributed by atoms with E-state index in [1.807, 2.05) is 13.8 Å². The minimum absolute atomic E-state index is 0.0203. The third-order valence-electron chi connectivity index (χ3n) is 5.37. The molecule has 1 heterocycles. The van der Waals surface area contributed by atoms with Crippen LogP contribution in [0.4, 0.5) is 11.4 Å². The number of hydrogen-bond donors (Lipinski definition) is 2. The Hall–Kier alpha value is -3.24. The molecule has 0 spiro atoms. The zero-order chi connectivity index (χ0) is 24.9. The van der Waals surface area contributed by atoms with Crippen LogP contribution in [0, 0.1) is 11.8 Å². The Labute approximate surface area is 199 Å². The molecular weight excluding hydrogens is 458 g/mol. The molecule has 0 saturated carbocycles. The number of hydrogen-bond acceptors (Lipinski definition) is 6. The molecule has 2 aromatic rings. The Morgan fingerprint density at radius 3 is 2.15 bits per heavy atom. The lowest BCUT2D eigenvalue weighted by atomic mass is 9.94. The van der Waals surface area contributed by atoms with Gasteiger partial charge in [-0.2, -0.15) is 4.31 Å². The number of anilines is 2. The van der Waals surface area contributed by atoms with Crippen molar-refractivity contribution in [2.45, 2.75) is 32.1 Å². The van der Waals surface area contributed by atoms with E-state index in [9.17, 15) is 22.8 Å². The van der Waals surface area contributed by atoms with Gasteiger partial charge in [0.2, 0.25) is 15.9 Å². The number of esters is 1. The van der Waals surface area contributed by atoms with Gasteiger partial charge in [0.05, 0.1) is 10.5 Å². The molecule has 10 heteroatoms. The molecule has 0 bridgehead atoms. The van der Waals surface area contributed by atoms with E-state index in [1.54, 1.807) is 24.3 Å². The number of ether oxygens (including phenoxy) is 1. The number of piperidine rings is 1. The van der Waals surface area contributed by atoms with E-state index in [-0.39, 0.29) is 28.2 Å². The van der Waals surface area contributed by atoms with Crippen LogP contribution < -0.4 is 10.6 Å². The van der Waals surface area contributed by atoms with Gasteiger partial charge in [-0.05, 0) is 60.7 Å². The van der Waals surface area contributed by atoms with Crippen LogP contribution in [-0.4, -0.2) is 50.2 Å². The molecule has 2 aromatic carbocycles. The van der Waals surface area contributed by atoms with E-state index in [1.165, 1.54) is 35.5 Å². The number of nitrogens with zero attached hydrogens (tertiary/aromatic N) is 1. The summed E-state index contributed by atoms with van der Waals surface area (Å²) >= 11 is 0. The van der Waals surface area contributed by atoms with Crippen LogP contribution in [0.15, 0.2) is 53.4 Å². The average Bonchev–Trinajstić information content (AvgIpc) is 2.78. The summed E-state index contributed by atoms with van der Waals surface area (Å²) in [6, 6.07) is 12.1. The van der Waals surface area contributed by atoms with Crippen LogP contribution in [0.25, 0.3) is 0 Å². The second kappa shape index (κ2) is 10.8. The lowest BCUT2D eigenvalue weighted by molar-refractivity contribution is -0.119. The third-order valence-corrected chi connectivity index (χ3v) is 7.19. The molecule has 1 aliphatic heterocycles. The zero-order valence-electron chi connectivity index (χ0n) is 19.4. The van der Waals surface area contributed by atoms with Crippen LogP contribution in [0.2, 0.25) is 0 Å². The van der Waals surface area contributed by atoms with Crippen molar-refractivity contribution in [1.82, 2.24) is 4.31 Å². The number of carbonyl (C=O) groups excluding carboxylic acids is 3. The molecule has 9 nitrogen and oxygen atoms in total. The molecular formula is C24H29N3O6S. The van der Waals surface area contributed by atoms with E-state index in [4.69, 9.17) is 4.74 Å². The topological polar surface area (TPSA) is 122 Å². The lowest BCUT2D eigenvalue weighted by Gasteiger charge is -2.34. The monoisotopic (exact) mass is 487 g/mol. The highest BCUT2D eigenvalue weighted by Crippen LogP contribution is 2.27. The smallest absolute Gasteiger partial charge is 0.338 e. The van der Waals surface area contributed by atoms with Gasteiger partial charge in [-0.15, -0.1) is 0 Å². The number of carbonyl (C=O) groups is 3. The highest BCUT2D eigenvalue weighted by Gasteiger charge is 2.32. The predicted octanol–water partition coefficient (Wildman–Crippen LogP) is 3.11. The standard InChI is InChI=1S/C24H29N3O6S/c1-16-11-17(2)14-27(13-16)34(31,32)22-6-4-5-19(12-22)24(30)33-15-23(29)26-21-9-7-20(8-10-21)25-18(3)28/h4-10,12,16-17H,11,13-15H2,1-3H3,(H,25,28)(H,26,29). The molecule has 2 N–H and O–H groups in total. The fraction of sp³-hybridized carbons (Fsp3) is 0.375. The Balaban J connectivity index is 1.59. The molecule has 2 unspecified atom stereocenters. The maximum Gasteiger partial charge on any atom is 0.338 e. The largest absolute Gasteiger partial charge is 0.452 e. The van der Waals surface area contributed by atoms with Crippen molar-refractivity contribution in [3.63, 3.8) is 0 Å². The summed E-state index contributed by atoms with van der Waals surface area (Å²) in [5.41, 5.74) is 1.10. The fourth-order valence-electron chi connectivity index (χ4n) is 3.99. The molecule has 0 aliphatic carbocycles. The normalized spacial score (nSPS) is 18.7. The average molecular weight is 488 g/mol. The molecule has 2 amide bonds. The van der Waals surface area contributed by atoms with Crippen LogP contribution in [0.5, 0.6) is 0 Å². The van der Waals surface area contributed by atoms with Gasteiger partial charge in [-0.3, -0.25) is 9.59 Å². The van der Waals surface area contributed by atoms with Gasteiger partial charge in [0, 0.05) is 31.4 Å². The molecule has 3 rings (SSSR count). The first-order chi connectivity index (χ1) is 16.0. The Morgan fingerprint density at radius 1 is 0.971 bits per heavy atom. The van der Waals surface area contributed by atoms with Crippen LogP contribution in [-0.2, 0) is 24.3 Å². The van der Waals surface area contributed by atoms with Crippen molar-refractivity contribution in [3.05, 3.63) is 54.1 Å². The highest BCUT2D eigenvalue weighted by molar-refractivity contribution is 7.89. The SMILES string of the molecule is CC(=O)Nc1ccc(NC(=O)COC(=O)c2cccc(S(=O)(=O)N3CC(C)CC(C)C3)c2)cc1. The van der Waals surface area contributed by atoms with Crippen molar-refractivity contribution >= 4 is 39.2 Å². The van der Waals surface area contributed by atoms with E-state index in [0.717, 1.165) is 6.42 Å². The minimum Gasteiger partial charge on any atom is -0.452 e. The molecule has 0 aromatic heterocycles. The minimum atomic E-state index is -3.75. The predicted molar refractivity (Wildman–Crippen MR) is 128 cm³/mol. The fourth-order valence-corrected chi connectivity index (χ4v) is 5.71. The van der Waals surface area contributed by atoms with Crippen molar-refractivity contribution in [1.29, 1.82) is 0 Å². The molecule has 1 aliphatic rings. The first kappa shape index (κ1) is 25.4. The van der Waals surface area contributed by atoms with Gasteiger partial charge < -0.3 is 15.4 Å². The summed E-state index contributed by atoms with van der Waals surface area (Å²) in [6.45, 7) is 5.78. The van der Waals surface area contributed by atoms with E-state index >= 15 is 0 Å². The number of amides is 2. The quantitative estimate of drug-likeness (QED) is 0.579. The van der Waals surface area contributed by atoms with E-state index in [0.29, 0.717) is 24.5 Å². The van der Waals surface area contributed by atoms with Crippen molar-refractivity contribution in [2.24, 2.45) is 11.8 Å². The summed E-state index contributed by atoms with van der Waals surface area (Å²) in [7, 11) is -3.75. The van der Waals surface area contributed by atoms with Crippen molar-refractivity contribution < 1.29 is 27.5 Å². The molecule has 2 atom stereocenters. The van der Waals surface area contributed by atoms with Gasteiger partial charge in [-0.1, -0.05) is 19.9 Å². The van der Waals surface area contributed by atoms with Crippen LogP contribution >= 0.6 is 0 Å². The molecule has 0 radical (unpaired) electrons. The zero-order valence-corrected chi connectivity index (χ0v) is 20.2. The number of rotatable bonds is 7. The Morgan fingerprint density at radius 2 is 1.56 bits per heavy atom. The molecule has 1 saturated heterocycles. The number of nitrogens with one attached hydrogen (secondary N) is 2. The number of sulfonamides is 1. The van der Waals surface area contributed by atoms with Crippen molar-refractivity contribution in [2.75, 3.05) is 30.3 Å². The Kier molecular flexibility index (Phi) is 8.06. The summed E-state index contributed by atoms with van der Waals surface area (Å²) < 4.78 is 32.7. The maximum absolute atomic E-state index is 13.1. The van der Waals surface area contributed by atoms with Gasteiger partial charge in [0.1, 0.15) is 0 Å². The molecule has 34 heavy (non-hydrogen) atoms. The first-order valence-corrected chi connectivity index (χ1v) is 12.4. The second-order valence-corrected chi connectivity index (χ2v) is 10.6. The lowest BCUT2D eigenvalue weighted by Crippen LogP contribution is -2.42. The maximum atomic E-state index is 13.1. The van der Waals surface area contributed by atoms with Gasteiger partial charge >= 0.3 is 5.97 Å². The third kappa shape index (κ3) is 6.64. The highest BCUT2D eigenvalue weighted by atomic mass is 32.2. The number of benzene rings is 2. The van der Waals surface area contributed by atoms with E-state index < -0.39 is 28.5 Å². The van der Waals surface area contributed by atoms with Crippen molar-refractivity contribution in [3.8, 4) is 0 Å². The van der Waals surface area contributed by atoms with Gasteiger partial charge in [0.15, 0.2) is 6.61 Å². The Bertz CT molecular complexity index is 1150. The summed E-state index contributed by atoms with van der Waals surface area (Å²) in [6.07, 6.45) is 0.972. The summed E-state index contributed by atoms with van der Waals surface area (Å²) in [5.74, 6) is -1.05. The summed E-state index contributed by atoms with van der Waals surface area (Å²) in [4.78, 5) is 35.7. The molecule has 1 fully saturated rings. The van der Waals surface area contributed by atoms with Gasteiger partial charge in [0.25, 0.3) is 5.91 Å². The summed E-state index contributed by atoms with van der Waals surface area (Å²) in [5, 5.41) is 5.20. The van der Waals surface area contributed by atoms with Gasteiger partial charge in [-0.25, -0.2) is 13.2 Å². The molecule has 182 valence electrons. The van der Waals surface area contributed by atoms with Crippen LogP contribution in [0.1, 0.15) is 37.6 Å². The van der Waals surface area contributed by atoms with E-state index in [2.05, 4.69) is 10.6 Å². The first-order valence-electron chi connectivity index (χ1n) is 11.0.